The van der Waals surface area contributed by atoms with Crippen LogP contribution in [0, 0.1) is 0 Å². The lowest BCUT2D eigenvalue weighted by molar-refractivity contribution is 0.202. The van der Waals surface area contributed by atoms with E-state index in [2.05, 4.69) is 12.1 Å². The van der Waals surface area contributed by atoms with Crippen molar-refractivity contribution in [3.63, 3.8) is 0 Å². The van der Waals surface area contributed by atoms with Crippen LogP contribution in [0.2, 0.25) is 0 Å². The summed E-state index contributed by atoms with van der Waals surface area (Å²) in [6.07, 6.45) is 0.959. The lowest BCUT2D eigenvalue weighted by Gasteiger charge is -2.02. The van der Waals surface area contributed by atoms with Gasteiger partial charge in [0.05, 0.1) is 13.7 Å². The van der Waals surface area contributed by atoms with Crippen molar-refractivity contribution in [3.8, 4) is 5.75 Å². The van der Waals surface area contributed by atoms with Gasteiger partial charge in [0.15, 0.2) is 0 Å². The number of methoxy groups -OCH3 is 2. The third kappa shape index (κ3) is 4.87. The molecule has 1 aromatic rings. The fourth-order valence-electron chi connectivity index (χ4n) is 1.01. The molecule has 0 atom stereocenters. The van der Waals surface area contributed by atoms with Gasteiger partial charge >= 0.3 is 0 Å². The topological polar surface area (TPSA) is 18.5 Å². The molecule has 0 radical (unpaired) electrons. The third-order valence-electron chi connectivity index (χ3n) is 1.75. The minimum absolute atomic E-state index is 0.770. The summed E-state index contributed by atoms with van der Waals surface area (Å²) in [7, 11) is 3.38. The molecule has 2 nitrogen and oxygen atoms in total. The lowest BCUT2D eigenvalue weighted by Crippen LogP contribution is -1.93. The number of benzene rings is 1. The molecule has 0 spiro atoms. The highest BCUT2D eigenvalue weighted by molar-refractivity contribution is 5.27. The fraction of sp³-hybridized carbons (Fsp3) is 0.500. The SMILES string of the molecule is CC.COCCc1ccc(OC)cc1. The number of ether oxygens (including phenoxy) is 2. The van der Waals surface area contributed by atoms with Gasteiger partial charge in [0.1, 0.15) is 5.75 Å². The van der Waals surface area contributed by atoms with E-state index in [4.69, 9.17) is 9.47 Å². The summed E-state index contributed by atoms with van der Waals surface area (Å²) >= 11 is 0. The van der Waals surface area contributed by atoms with E-state index in [1.54, 1.807) is 14.2 Å². The van der Waals surface area contributed by atoms with Crippen LogP contribution in [-0.2, 0) is 11.2 Å². The molecule has 0 aromatic heterocycles. The molecule has 14 heavy (non-hydrogen) atoms. The summed E-state index contributed by atoms with van der Waals surface area (Å²) < 4.78 is 10.0. The largest absolute Gasteiger partial charge is 0.497 e. The van der Waals surface area contributed by atoms with Gasteiger partial charge in [-0.25, -0.2) is 0 Å². The quantitative estimate of drug-likeness (QED) is 0.737. The van der Waals surface area contributed by atoms with Crippen LogP contribution in [0.3, 0.4) is 0 Å². The highest BCUT2D eigenvalue weighted by atomic mass is 16.5. The molecule has 0 unspecified atom stereocenters. The minimum atomic E-state index is 0.770. The Labute approximate surface area is 86.9 Å². The number of rotatable bonds is 4. The Morgan fingerprint density at radius 1 is 1.00 bits per heavy atom. The van der Waals surface area contributed by atoms with Crippen molar-refractivity contribution < 1.29 is 9.47 Å². The predicted molar refractivity (Wildman–Crippen MR) is 59.9 cm³/mol. The van der Waals surface area contributed by atoms with Crippen LogP contribution in [0.1, 0.15) is 19.4 Å². The maximum atomic E-state index is 5.04. The van der Waals surface area contributed by atoms with Crippen LogP contribution < -0.4 is 4.74 Å². The van der Waals surface area contributed by atoms with E-state index in [0.717, 1.165) is 18.8 Å². The molecule has 80 valence electrons. The molecular formula is C12H20O2. The second-order valence-electron chi connectivity index (χ2n) is 2.59. The van der Waals surface area contributed by atoms with E-state index >= 15 is 0 Å². The van der Waals surface area contributed by atoms with Crippen LogP contribution in [0.15, 0.2) is 24.3 Å². The Hall–Kier alpha value is -1.02. The maximum Gasteiger partial charge on any atom is 0.118 e. The van der Waals surface area contributed by atoms with Crippen molar-refractivity contribution >= 4 is 0 Å². The molecule has 0 aliphatic carbocycles. The zero-order chi connectivity index (χ0) is 10.8. The normalized spacial score (nSPS) is 8.86. The fourth-order valence-corrected chi connectivity index (χ4v) is 1.01. The number of hydrogen-bond donors (Lipinski definition) is 0. The summed E-state index contributed by atoms with van der Waals surface area (Å²) in [6.45, 7) is 4.77. The van der Waals surface area contributed by atoms with E-state index in [0.29, 0.717) is 0 Å². The van der Waals surface area contributed by atoms with Crippen molar-refractivity contribution in [2.24, 2.45) is 0 Å². The average Bonchev–Trinajstić information content (AvgIpc) is 2.30. The smallest absolute Gasteiger partial charge is 0.118 e. The molecule has 0 saturated carbocycles. The zero-order valence-corrected chi connectivity index (χ0v) is 9.54. The monoisotopic (exact) mass is 196 g/mol. The molecule has 0 aliphatic heterocycles. The second-order valence-corrected chi connectivity index (χ2v) is 2.59. The van der Waals surface area contributed by atoms with E-state index in [1.165, 1.54) is 5.56 Å². The van der Waals surface area contributed by atoms with Crippen molar-refractivity contribution in [1.82, 2.24) is 0 Å². The van der Waals surface area contributed by atoms with Crippen molar-refractivity contribution in [2.75, 3.05) is 20.8 Å². The van der Waals surface area contributed by atoms with Crippen molar-refractivity contribution in [1.29, 1.82) is 0 Å². The van der Waals surface area contributed by atoms with Crippen LogP contribution in [-0.4, -0.2) is 20.8 Å². The van der Waals surface area contributed by atoms with Gasteiger partial charge < -0.3 is 9.47 Å². The highest BCUT2D eigenvalue weighted by Gasteiger charge is 1.92. The molecule has 0 bridgehead atoms. The van der Waals surface area contributed by atoms with Crippen molar-refractivity contribution in [3.05, 3.63) is 29.8 Å². The molecule has 0 amide bonds. The van der Waals surface area contributed by atoms with E-state index < -0.39 is 0 Å². The standard InChI is InChI=1S/C10H14O2.C2H6/c1-11-8-7-9-3-5-10(12-2)6-4-9;1-2/h3-6H,7-8H2,1-2H3;1-2H3. The summed E-state index contributed by atoms with van der Waals surface area (Å²) in [5.74, 6) is 0.899. The molecule has 0 heterocycles. The van der Waals surface area contributed by atoms with Crippen LogP contribution in [0.4, 0.5) is 0 Å². The Balaban J connectivity index is 0.000000791. The van der Waals surface area contributed by atoms with Crippen molar-refractivity contribution in [2.45, 2.75) is 20.3 Å². The van der Waals surface area contributed by atoms with Gasteiger partial charge in [-0.3, -0.25) is 0 Å². The Bertz CT molecular complexity index is 216. The third-order valence-corrected chi connectivity index (χ3v) is 1.75. The van der Waals surface area contributed by atoms with E-state index in [9.17, 15) is 0 Å². The molecule has 0 fully saturated rings. The van der Waals surface area contributed by atoms with E-state index in [1.807, 2.05) is 26.0 Å². The first-order chi connectivity index (χ1) is 6.86. The lowest BCUT2D eigenvalue weighted by atomic mass is 10.1. The van der Waals surface area contributed by atoms with Crippen LogP contribution in [0.5, 0.6) is 5.75 Å². The summed E-state index contributed by atoms with van der Waals surface area (Å²) in [5.41, 5.74) is 1.28. The first kappa shape index (κ1) is 13.0. The first-order valence-corrected chi connectivity index (χ1v) is 4.98. The van der Waals surface area contributed by atoms with Gasteiger partial charge in [-0.05, 0) is 24.1 Å². The molecule has 0 aliphatic rings. The molecule has 2 heteroatoms. The minimum Gasteiger partial charge on any atom is -0.497 e. The molecule has 1 aromatic carbocycles. The first-order valence-electron chi connectivity index (χ1n) is 4.98. The Morgan fingerprint density at radius 2 is 1.57 bits per heavy atom. The maximum absolute atomic E-state index is 5.04. The van der Waals surface area contributed by atoms with Gasteiger partial charge in [-0.1, -0.05) is 26.0 Å². The van der Waals surface area contributed by atoms with Gasteiger partial charge in [-0.15, -0.1) is 0 Å². The summed E-state index contributed by atoms with van der Waals surface area (Å²) in [6, 6.07) is 8.03. The van der Waals surface area contributed by atoms with Gasteiger partial charge in [0.2, 0.25) is 0 Å². The average molecular weight is 196 g/mol. The molecule has 1 rings (SSSR count). The van der Waals surface area contributed by atoms with Gasteiger partial charge in [0, 0.05) is 7.11 Å². The zero-order valence-electron chi connectivity index (χ0n) is 9.54. The van der Waals surface area contributed by atoms with Crippen LogP contribution in [0.25, 0.3) is 0 Å². The van der Waals surface area contributed by atoms with E-state index in [-0.39, 0.29) is 0 Å². The highest BCUT2D eigenvalue weighted by Crippen LogP contribution is 2.11. The van der Waals surface area contributed by atoms with Gasteiger partial charge in [-0.2, -0.15) is 0 Å². The second kappa shape index (κ2) is 8.57. The predicted octanol–water partition coefficient (Wildman–Crippen LogP) is 2.91. The number of hydrogen-bond acceptors (Lipinski definition) is 2. The summed E-state index contributed by atoms with van der Waals surface area (Å²) in [5, 5.41) is 0. The molecule has 0 N–H and O–H groups in total. The Morgan fingerprint density at radius 3 is 2.00 bits per heavy atom. The Kier molecular flexibility index (Phi) is 7.95. The molecular weight excluding hydrogens is 176 g/mol. The molecule has 0 saturated heterocycles. The summed E-state index contributed by atoms with van der Waals surface area (Å²) in [4.78, 5) is 0. The van der Waals surface area contributed by atoms with Crippen LogP contribution >= 0.6 is 0 Å². The van der Waals surface area contributed by atoms with Gasteiger partial charge in [0.25, 0.3) is 0 Å².